The molecule has 1 unspecified atom stereocenters. The normalized spacial score (nSPS) is 19.0. The van der Waals surface area contributed by atoms with Crippen molar-refractivity contribution < 1.29 is 9.18 Å². The second-order valence-electron chi connectivity index (χ2n) is 9.37. The summed E-state index contributed by atoms with van der Waals surface area (Å²) in [5.74, 6) is -0.155. The van der Waals surface area contributed by atoms with Crippen molar-refractivity contribution in [1.29, 1.82) is 0 Å². The number of pyridine rings is 1. The van der Waals surface area contributed by atoms with Gasteiger partial charge in [0.05, 0.1) is 0 Å². The van der Waals surface area contributed by atoms with Gasteiger partial charge in [-0.05, 0) is 62.6 Å². The molecular formula is C26H28FN5O2. The van der Waals surface area contributed by atoms with Crippen molar-refractivity contribution in [3.8, 4) is 0 Å². The van der Waals surface area contributed by atoms with E-state index in [9.17, 15) is 14.0 Å². The summed E-state index contributed by atoms with van der Waals surface area (Å²) < 4.78 is 16.1. The molecule has 3 aromatic heterocycles. The fourth-order valence-corrected chi connectivity index (χ4v) is 4.82. The summed E-state index contributed by atoms with van der Waals surface area (Å²) in [6.45, 7) is 6.42. The van der Waals surface area contributed by atoms with Crippen LogP contribution in [-0.2, 0) is 13.1 Å². The Balaban J connectivity index is 1.31. The van der Waals surface area contributed by atoms with Crippen LogP contribution >= 0.6 is 0 Å². The number of hydrogen-bond donors (Lipinski definition) is 2. The second-order valence-corrected chi connectivity index (χ2v) is 9.37. The van der Waals surface area contributed by atoms with Gasteiger partial charge in [-0.1, -0.05) is 13.0 Å². The van der Waals surface area contributed by atoms with Crippen molar-refractivity contribution in [2.75, 3.05) is 6.54 Å². The molecule has 1 fully saturated rings. The number of aromatic amines is 1. The fraction of sp³-hybridized carbons (Fsp3) is 0.346. The Morgan fingerprint density at radius 3 is 2.91 bits per heavy atom. The zero-order valence-corrected chi connectivity index (χ0v) is 19.3. The Morgan fingerprint density at radius 2 is 2.09 bits per heavy atom. The van der Waals surface area contributed by atoms with Crippen molar-refractivity contribution in [2.24, 2.45) is 5.92 Å². The lowest BCUT2D eigenvalue weighted by atomic mass is 9.93. The number of aromatic nitrogens is 3. The number of nitrogens with zero attached hydrogens (tertiary/aromatic N) is 3. The summed E-state index contributed by atoms with van der Waals surface area (Å²) in [6, 6.07) is 12.0. The third-order valence-corrected chi connectivity index (χ3v) is 6.74. The summed E-state index contributed by atoms with van der Waals surface area (Å²) in [6.07, 6.45) is 3.98. The summed E-state index contributed by atoms with van der Waals surface area (Å²) in [5.41, 5.74) is 2.29. The maximum absolute atomic E-state index is 14.8. The fourth-order valence-electron chi connectivity index (χ4n) is 4.82. The average molecular weight is 462 g/mol. The third kappa shape index (κ3) is 4.46. The van der Waals surface area contributed by atoms with Crippen LogP contribution in [0.3, 0.4) is 0 Å². The van der Waals surface area contributed by atoms with Gasteiger partial charge in [0.1, 0.15) is 17.2 Å². The zero-order chi connectivity index (χ0) is 23.8. The minimum absolute atomic E-state index is 0.00446. The molecule has 34 heavy (non-hydrogen) atoms. The third-order valence-electron chi connectivity index (χ3n) is 6.74. The van der Waals surface area contributed by atoms with Gasteiger partial charge < -0.3 is 10.3 Å². The highest BCUT2D eigenvalue weighted by Crippen LogP contribution is 2.26. The Morgan fingerprint density at radius 1 is 1.24 bits per heavy atom. The lowest BCUT2D eigenvalue weighted by Crippen LogP contribution is -2.39. The molecule has 1 aliphatic rings. The first kappa shape index (κ1) is 22.3. The SMILES string of the molecule is CC1CCN(Cc2cc3cc(F)c(CNC(=O)c4cc(=O)n5ccccc5n4)cc3[nH]2)[C@@H](C)C1. The first-order chi connectivity index (χ1) is 16.4. The average Bonchev–Trinajstić information content (AvgIpc) is 3.20. The molecule has 2 N–H and O–H groups in total. The molecule has 1 saturated heterocycles. The van der Waals surface area contributed by atoms with Gasteiger partial charge in [-0.2, -0.15) is 0 Å². The zero-order valence-electron chi connectivity index (χ0n) is 19.3. The number of benzene rings is 1. The number of piperidine rings is 1. The van der Waals surface area contributed by atoms with Gasteiger partial charge in [0.2, 0.25) is 0 Å². The maximum Gasteiger partial charge on any atom is 0.270 e. The van der Waals surface area contributed by atoms with Crippen LogP contribution in [0.2, 0.25) is 0 Å². The quantitative estimate of drug-likeness (QED) is 0.473. The lowest BCUT2D eigenvalue weighted by Gasteiger charge is -2.36. The van der Waals surface area contributed by atoms with E-state index < -0.39 is 5.91 Å². The van der Waals surface area contributed by atoms with Crippen molar-refractivity contribution in [2.45, 2.75) is 45.8 Å². The minimum atomic E-state index is -0.525. The number of carbonyl (C=O) groups excluding carboxylic acids is 1. The van der Waals surface area contributed by atoms with Crippen LogP contribution in [0.1, 0.15) is 48.4 Å². The van der Waals surface area contributed by atoms with E-state index in [0.29, 0.717) is 17.3 Å². The number of fused-ring (bicyclic) bond motifs is 2. The van der Waals surface area contributed by atoms with E-state index in [4.69, 9.17) is 0 Å². The number of halogens is 1. The summed E-state index contributed by atoms with van der Waals surface area (Å²) in [4.78, 5) is 35.0. The number of H-pyrrole nitrogens is 1. The maximum atomic E-state index is 14.8. The van der Waals surface area contributed by atoms with Crippen LogP contribution in [0.25, 0.3) is 16.6 Å². The first-order valence-corrected chi connectivity index (χ1v) is 11.7. The van der Waals surface area contributed by atoms with Gasteiger partial charge in [-0.25, -0.2) is 9.37 Å². The van der Waals surface area contributed by atoms with Crippen molar-refractivity contribution in [3.63, 3.8) is 0 Å². The Kier molecular flexibility index (Phi) is 5.91. The van der Waals surface area contributed by atoms with Gasteiger partial charge in [-0.3, -0.25) is 18.9 Å². The van der Waals surface area contributed by atoms with Crippen LogP contribution in [0, 0.1) is 11.7 Å². The molecule has 8 heteroatoms. The van der Waals surface area contributed by atoms with E-state index in [0.717, 1.165) is 35.6 Å². The van der Waals surface area contributed by atoms with Gasteiger partial charge in [0.25, 0.3) is 11.5 Å². The Hall–Kier alpha value is -3.52. The molecule has 176 valence electrons. The molecule has 2 atom stereocenters. The molecule has 5 rings (SSSR count). The molecule has 0 spiro atoms. The molecule has 0 bridgehead atoms. The number of likely N-dealkylation sites (tertiary alicyclic amines) is 1. The molecule has 4 heterocycles. The molecule has 1 aliphatic heterocycles. The van der Waals surface area contributed by atoms with E-state index in [1.807, 2.05) is 6.07 Å². The highest BCUT2D eigenvalue weighted by Gasteiger charge is 2.23. The standard InChI is InChI=1S/C26H28FN5O2/c1-16-6-8-31(17(2)9-16)15-20-10-18-11-21(27)19(12-22(18)29-20)14-28-26(34)23-13-25(33)32-7-4-3-5-24(32)30-23/h3-5,7,10-13,16-17,29H,6,8-9,14-15H2,1-2H3,(H,28,34)/t16?,17-/m0/s1. The topological polar surface area (TPSA) is 82.5 Å². The molecule has 1 amide bonds. The predicted octanol–water partition coefficient (Wildman–Crippen LogP) is 3.87. The van der Waals surface area contributed by atoms with Crippen LogP contribution in [0.15, 0.2) is 53.5 Å². The molecule has 4 aromatic rings. The van der Waals surface area contributed by atoms with E-state index in [2.05, 4.69) is 34.0 Å². The first-order valence-electron chi connectivity index (χ1n) is 11.7. The lowest BCUT2D eigenvalue weighted by molar-refractivity contribution is 0.0945. The highest BCUT2D eigenvalue weighted by molar-refractivity contribution is 5.92. The van der Waals surface area contributed by atoms with Crippen LogP contribution in [-0.4, -0.2) is 37.8 Å². The molecule has 0 saturated carbocycles. The summed E-state index contributed by atoms with van der Waals surface area (Å²) in [7, 11) is 0. The highest BCUT2D eigenvalue weighted by atomic mass is 19.1. The molecule has 1 aromatic carbocycles. The number of hydrogen-bond acceptors (Lipinski definition) is 4. The van der Waals surface area contributed by atoms with Gasteiger partial charge >= 0.3 is 0 Å². The van der Waals surface area contributed by atoms with E-state index in [1.165, 1.54) is 29.4 Å². The van der Waals surface area contributed by atoms with E-state index in [-0.39, 0.29) is 23.6 Å². The smallest absolute Gasteiger partial charge is 0.270 e. The number of carbonyl (C=O) groups is 1. The summed E-state index contributed by atoms with van der Waals surface area (Å²) >= 11 is 0. The van der Waals surface area contributed by atoms with E-state index in [1.54, 1.807) is 30.5 Å². The van der Waals surface area contributed by atoms with Crippen LogP contribution < -0.4 is 10.9 Å². The number of amides is 1. The van der Waals surface area contributed by atoms with E-state index >= 15 is 0 Å². The van der Waals surface area contributed by atoms with Crippen LogP contribution in [0.4, 0.5) is 4.39 Å². The molecule has 0 aliphatic carbocycles. The minimum Gasteiger partial charge on any atom is -0.357 e. The molecule has 0 radical (unpaired) electrons. The van der Waals surface area contributed by atoms with Crippen molar-refractivity contribution >= 4 is 22.5 Å². The van der Waals surface area contributed by atoms with Crippen molar-refractivity contribution in [3.05, 3.63) is 81.8 Å². The second kappa shape index (κ2) is 9.02. The Bertz CT molecular complexity index is 1430. The molecule has 7 nitrogen and oxygen atoms in total. The van der Waals surface area contributed by atoms with Crippen LogP contribution in [0.5, 0.6) is 0 Å². The largest absolute Gasteiger partial charge is 0.357 e. The number of nitrogens with one attached hydrogen (secondary N) is 2. The summed E-state index contributed by atoms with van der Waals surface area (Å²) in [5, 5.41) is 3.49. The molecular weight excluding hydrogens is 433 g/mol. The van der Waals surface area contributed by atoms with Gasteiger partial charge in [-0.15, -0.1) is 0 Å². The Labute approximate surface area is 196 Å². The van der Waals surface area contributed by atoms with Gasteiger partial charge in [0.15, 0.2) is 0 Å². The monoisotopic (exact) mass is 461 g/mol. The predicted molar refractivity (Wildman–Crippen MR) is 129 cm³/mol. The van der Waals surface area contributed by atoms with Gasteiger partial charge in [0, 0.05) is 53.6 Å². The van der Waals surface area contributed by atoms with Crippen molar-refractivity contribution in [1.82, 2.24) is 24.6 Å². The number of rotatable bonds is 5.